The number of aliphatic carboxylic acids is 1. The van der Waals surface area contributed by atoms with Crippen molar-refractivity contribution >= 4 is 57.6 Å². The van der Waals surface area contributed by atoms with Gasteiger partial charge < -0.3 is 30.6 Å². The van der Waals surface area contributed by atoms with Crippen LogP contribution in [0.25, 0.3) is 0 Å². The number of carboxylic acid groups (broad SMARTS) is 1. The van der Waals surface area contributed by atoms with Gasteiger partial charge in [0.05, 0.1) is 10.6 Å². The molecule has 1 saturated carbocycles. The summed E-state index contributed by atoms with van der Waals surface area (Å²) < 4.78 is 7.57. The Hall–Kier alpha value is -4.18. The Labute approximate surface area is 255 Å². The number of β-lactam (4-membered cyclic amide) rings is 1. The van der Waals surface area contributed by atoms with Crippen LogP contribution >= 0.6 is 23.1 Å². The summed E-state index contributed by atoms with van der Waals surface area (Å²) in [6.45, 7) is 0.202. The van der Waals surface area contributed by atoms with Crippen molar-refractivity contribution in [2.24, 2.45) is 5.16 Å². The lowest BCUT2D eigenvalue weighted by molar-refractivity contribution is -0.685. The Kier molecular flexibility index (Phi) is 9.15. The molecule has 1 saturated heterocycles. The molecular weight excluding hydrogens is 598 g/mol. The van der Waals surface area contributed by atoms with Crippen LogP contribution in [0, 0.1) is 0 Å². The first-order valence-electron chi connectivity index (χ1n) is 13.6. The topological polar surface area (TPSA) is 181 Å². The van der Waals surface area contributed by atoms with Crippen LogP contribution in [-0.4, -0.2) is 93.9 Å². The molecule has 2 atom stereocenters. The Morgan fingerprint density at radius 1 is 1.30 bits per heavy atom. The number of nitrogens with two attached hydrogens (primary N) is 1. The number of hydrogen-bond donors (Lipinski definition) is 3. The van der Waals surface area contributed by atoms with E-state index < -0.39 is 29.9 Å². The zero-order valence-corrected chi connectivity index (χ0v) is 25.2. The van der Waals surface area contributed by atoms with Crippen LogP contribution in [0.3, 0.4) is 0 Å². The van der Waals surface area contributed by atoms with Crippen molar-refractivity contribution in [3.05, 3.63) is 47.1 Å². The number of thiazole rings is 1. The highest BCUT2D eigenvalue weighted by Crippen LogP contribution is 2.35. The van der Waals surface area contributed by atoms with Gasteiger partial charge in [0.15, 0.2) is 28.9 Å². The van der Waals surface area contributed by atoms with E-state index in [9.17, 15) is 24.3 Å². The maximum absolute atomic E-state index is 13.3. The molecule has 2 aromatic heterocycles. The number of pyridine rings is 1. The highest BCUT2D eigenvalue weighted by atomic mass is 32.2. The third-order valence-electron chi connectivity index (χ3n) is 7.26. The van der Waals surface area contributed by atoms with Gasteiger partial charge in [-0.3, -0.25) is 19.3 Å². The zero-order valence-electron chi connectivity index (χ0n) is 23.6. The molecule has 0 bridgehead atoms. The number of rotatable bonds is 11. The van der Waals surface area contributed by atoms with Crippen LogP contribution in [0.5, 0.6) is 0 Å². The summed E-state index contributed by atoms with van der Waals surface area (Å²) in [7, 11) is 3.37. The van der Waals surface area contributed by atoms with Gasteiger partial charge in [-0.15, -0.1) is 11.8 Å². The monoisotopic (exact) mass is 630 g/mol. The van der Waals surface area contributed by atoms with Gasteiger partial charge in [0, 0.05) is 37.3 Å². The minimum Gasteiger partial charge on any atom is -0.492 e. The fourth-order valence-corrected chi connectivity index (χ4v) is 6.38. The van der Waals surface area contributed by atoms with Crippen LogP contribution in [0.4, 0.5) is 5.13 Å². The van der Waals surface area contributed by atoms with Crippen LogP contribution < -0.4 is 15.6 Å². The first-order chi connectivity index (χ1) is 20.6. The molecule has 43 heavy (non-hydrogen) atoms. The van der Waals surface area contributed by atoms with Crippen molar-refractivity contribution in [1.29, 1.82) is 0 Å². The molecule has 2 fully saturated rings. The van der Waals surface area contributed by atoms with Crippen molar-refractivity contribution in [3.63, 3.8) is 0 Å². The lowest BCUT2D eigenvalue weighted by Gasteiger charge is -2.49. The van der Waals surface area contributed by atoms with Gasteiger partial charge in [-0.05, 0) is 25.7 Å². The molecule has 3 aliphatic rings. The number of nitrogens with one attached hydrogen (secondary N) is 1. The molecule has 2 aromatic rings. The van der Waals surface area contributed by atoms with Crippen LogP contribution in [0.1, 0.15) is 30.6 Å². The molecule has 14 nitrogen and oxygen atoms in total. The smallest absolute Gasteiger partial charge is 0.356 e. The molecule has 0 radical (unpaired) electrons. The molecule has 4 heterocycles. The van der Waals surface area contributed by atoms with E-state index in [2.05, 4.69) is 15.5 Å². The van der Waals surface area contributed by atoms with Crippen molar-refractivity contribution in [2.75, 3.05) is 32.2 Å². The number of anilines is 1. The summed E-state index contributed by atoms with van der Waals surface area (Å²) in [6.07, 6.45) is 8.57. The molecule has 0 aromatic carbocycles. The molecule has 228 valence electrons. The summed E-state index contributed by atoms with van der Waals surface area (Å²) >= 11 is 2.40. The van der Waals surface area contributed by atoms with Gasteiger partial charge in [0.2, 0.25) is 6.54 Å². The second kappa shape index (κ2) is 13.0. The molecule has 16 heteroatoms. The van der Waals surface area contributed by atoms with Crippen LogP contribution in [-0.2, 0) is 35.3 Å². The second-order valence-corrected chi connectivity index (χ2v) is 12.5. The van der Waals surface area contributed by atoms with Crippen LogP contribution in [0.2, 0.25) is 0 Å². The van der Waals surface area contributed by atoms with Crippen LogP contribution in [0.15, 0.2) is 52.2 Å². The molecule has 0 spiro atoms. The number of hydrogen-bond acceptors (Lipinski definition) is 11. The number of carboxylic acids is 1. The minimum atomic E-state index is -1.31. The molecule has 4 N–H and O–H groups in total. The first kappa shape index (κ1) is 30.3. The fourth-order valence-electron chi connectivity index (χ4n) is 4.89. The van der Waals surface area contributed by atoms with E-state index in [1.165, 1.54) is 22.9 Å². The number of carbonyl (C=O) groups excluding carboxylic acids is 3. The average Bonchev–Trinajstić information content (AvgIpc) is 3.67. The molecule has 2 aliphatic heterocycles. The number of oxime groups is 1. The third-order valence-corrected chi connectivity index (χ3v) is 9.10. The summed E-state index contributed by atoms with van der Waals surface area (Å²) in [5.41, 5.74) is 5.46. The Balaban J connectivity index is 1.25. The van der Waals surface area contributed by atoms with E-state index >= 15 is 0 Å². The third kappa shape index (κ3) is 6.74. The second-order valence-electron chi connectivity index (χ2n) is 10.4. The lowest BCUT2D eigenvalue weighted by Crippen LogP contribution is -2.73. The Morgan fingerprint density at radius 3 is 2.65 bits per heavy atom. The quantitative estimate of drug-likeness (QED) is 0.104. The number of amides is 3. The standard InChI is InChI=1S/C27H31N7O7S2/c1-32(2)20(35)12-33-9-7-16(8-10-33)42-14-18-23(26(38)39)34-17(13-40-18)21(25(34)37)30-24(36)22(19-11-29-27(28)43-19)31-41-15-5-3-4-6-15/h7-11,15,17,21H,3-6,12-14H2,1-2H3,(H3-,28,29,30,31,36,38,39)/p+1/t17-,21+/m1/s1. The number of carbonyl (C=O) groups is 4. The van der Waals surface area contributed by atoms with Crippen molar-refractivity contribution in [3.8, 4) is 0 Å². The van der Waals surface area contributed by atoms with Gasteiger partial charge in [-0.1, -0.05) is 16.5 Å². The molecule has 0 unspecified atom stereocenters. The van der Waals surface area contributed by atoms with Crippen molar-refractivity contribution < 1.29 is 38.4 Å². The number of ether oxygens (including phenoxy) is 1. The van der Waals surface area contributed by atoms with E-state index in [4.69, 9.17) is 15.3 Å². The predicted octanol–water partition coefficient (Wildman–Crippen LogP) is 0.579. The van der Waals surface area contributed by atoms with Gasteiger partial charge in [-0.2, -0.15) is 4.57 Å². The Bertz CT molecular complexity index is 1470. The number of nitrogens with zero attached hydrogens (tertiary/aromatic N) is 5. The number of thioether (sulfide) groups is 1. The fraction of sp³-hybridized carbons (Fsp3) is 0.444. The van der Waals surface area contributed by atoms with Gasteiger partial charge >= 0.3 is 5.97 Å². The SMILES string of the molecule is CN(C)C(=O)C[n+]1ccc(SCC2=C(C(=O)O)N3C(=O)[C@@H](NC(=O)C(=NOC4CCCC4)c4cnc(N)s4)[C@H]3CO2)cc1. The van der Waals surface area contributed by atoms with Gasteiger partial charge in [-0.25, -0.2) is 9.78 Å². The first-order valence-corrected chi connectivity index (χ1v) is 15.4. The number of aromatic nitrogens is 2. The van der Waals surface area contributed by atoms with E-state index in [0.29, 0.717) is 4.88 Å². The normalized spacial score (nSPS) is 20.3. The minimum absolute atomic E-state index is 0.00333. The summed E-state index contributed by atoms with van der Waals surface area (Å²) in [5, 5.41) is 17.0. The van der Waals surface area contributed by atoms with Crippen molar-refractivity contribution in [2.45, 2.75) is 55.3 Å². The number of fused-ring (bicyclic) bond motifs is 1. The molecule has 1 aliphatic carbocycles. The summed E-state index contributed by atoms with van der Waals surface area (Å²) in [5.74, 6) is -2.26. The van der Waals surface area contributed by atoms with Crippen molar-refractivity contribution in [1.82, 2.24) is 20.1 Å². The molecule has 3 amide bonds. The van der Waals surface area contributed by atoms with Gasteiger partial charge in [0.25, 0.3) is 17.7 Å². The average molecular weight is 631 g/mol. The van der Waals surface area contributed by atoms with E-state index in [1.807, 2.05) is 12.1 Å². The maximum atomic E-state index is 13.3. The zero-order chi connectivity index (χ0) is 30.7. The van der Waals surface area contributed by atoms with E-state index in [0.717, 1.165) is 46.8 Å². The predicted molar refractivity (Wildman–Crippen MR) is 156 cm³/mol. The van der Waals surface area contributed by atoms with E-state index in [-0.39, 0.29) is 53.2 Å². The van der Waals surface area contributed by atoms with Gasteiger partial charge in [0.1, 0.15) is 30.6 Å². The lowest BCUT2D eigenvalue weighted by atomic mass is 9.92. The summed E-state index contributed by atoms with van der Waals surface area (Å²) in [4.78, 5) is 64.1. The largest absolute Gasteiger partial charge is 0.492 e. The number of likely N-dealkylation sites (N-methyl/N-ethyl adjacent to an activating group) is 1. The molecule has 5 rings (SSSR count). The summed E-state index contributed by atoms with van der Waals surface area (Å²) in [6, 6.07) is 1.91. The number of nitrogen functional groups attached to an aromatic ring is 1. The molecular formula is C27H32N7O7S2+. The Morgan fingerprint density at radius 2 is 2.02 bits per heavy atom. The van der Waals surface area contributed by atoms with E-state index in [1.54, 1.807) is 31.1 Å². The maximum Gasteiger partial charge on any atom is 0.356 e. The highest BCUT2D eigenvalue weighted by molar-refractivity contribution is 7.99. The highest BCUT2D eigenvalue weighted by Gasteiger charge is 2.55.